The average molecular weight is 429 g/mol. The van der Waals surface area contributed by atoms with Crippen molar-refractivity contribution in [2.75, 3.05) is 4.90 Å². The molecule has 3 aromatic rings. The Hall–Kier alpha value is -2.21. The molecule has 2 heterocycles. The van der Waals surface area contributed by atoms with Gasteiger partial charge in [0.2, 0.25) is 5.91 Å². The van der Waals surface area contributed by atoms with Crippen LogP contribution in [0.1, 0.15) is 52.5 Å². The van der Waals surface area contributed by atoms with Gasteiger partial charge < -0.3 is 0 Å². The van der Waals surface area contributed by atoms with Gasteiger partial charge in [0.1, 0.15) is 5.82 Å². The molecular formula is C21H25BrN4O. The van der Waals surface area contributed by atoms with E-state index >= 15 is 0 Å². The molecule has 142 valence electrons. The first-order valence-corrected chi connectivity index (χ1v) is 9.88. The number of rotatable bonds is 4. The third-order valence-electron chi connectivity index (χ3n) is 4.29. The molecule has 0 aliphatic heterocycles. The maximum Gasteiger partial charge on any atom is 0.233 e. The Morgan fingerprint density at radius 1 is 1.19 bits per heavy atom. The number of hydrogen-bond acceptors (Lipinski definition) is 3. The van der Waals surface area contributed by atoms with Gasteiger partial charge in [0.15, 0.2) is 5.65 Å². The Bertz CT molecular complexity index is 954. The van der Waals surface area contributed by atoms with E-state index in [0.29, 0.717) is 23.8 Å². The lowest BCUT2D eigenvalue weighted by Crippen LogP contribution is -2.30. The van der Waals surface area contributed by atoms with E-state index in [1.165, 1.54) is 5.56 Å². The van der Waals surface area contributed by atoms with Crippen molar-refractivity contribution in [3.8, 4) is 0 Å². The van der Waals surface area contributed by atoms with Crippen LogP contribution in [0.25, 0.3) is 5.65 Å². The van der Waals surface area contributed by atoms with E-state index in [2.05, 4.69) is 72.8 Å². The zero-order valence-corrected chi connectivity index (χ0v) is 18.0. The van der Waals surface area contributed by atoms with Crippen LogP contribution >= 0.6 is 15.9 Å². The fourth-order valence-corrected chi connectivity index (χ4v) is 3.26. The predicted octanol–water partition coefficient (Wildman–Crippen LogP) is 5.72. The largest absolute Gasteiger partial charge is 0.274 e. The van der Waals surface area contributed by atoms with E-state index in [0.717, 1.165) is 10.2 Å². The summed E-state index contributed by atoms with van der Waals surface area (Å²) in [6, 6.07) is 9.96. The number of hydrogen-bond donors (Lipinski definition) is 0. The molecule has 1 amide bonds. The van der Waals surface area contributed by atoms with E-state index in [-0.39, 0.29) is 11.3 Å². The Labute approximate surface area is 168 Å². The molecule has 0 spiro atoms. The van der Waals surface area contributed by atoms with Gasteiger partial charge in [-0.15, -0.1) is 0 Å². The minimum absolute atomic E-state index is 0.0206. The summed E-state index contributed by atoms with van der Waals surface area (Å²) in [5, 5.41) is 4.23. The highest BCUT2D eigenvalue weighted by atomic mass is 79.9. The van der Waals surface area contributed by atoms with Crippen molar-refractivity contribution in [3.63, 3.8) is 0 Å². The number of carbonyl (C=O) groups excluding carboxylic acids is 1. The van der Waals surface area contributed by atoms with Gasteiger partial charge >= 0.3 is 0 Å². The van der Waals surface area contributed by atoms with Gasteiger partial charge in [-0.1, -0.05) is 46.8 Å². The quantitative estimate of drug-likeness (QED) is 0.533. The number of halogens is 1. The molecular weight excluding hydrogens is 404 g/mol. The lowest BCUT2D eigenvalue weighted by molar-refractivity contribution is -0.119. The molecule has 0 radical (unpaired) electrons. The van der Waals surface area contributed by atoms with Crippen molar-refractivity contribution in [2.24, 2.45) is 5.41 Å². The SMILES string of the molecule is CC(C)c1ccc(N(C(=O)CC(C)(C)C)c2ccn3ncc(Br)c3n2)cc1. The molecule has 6 heteroatoms. The van der Waals surface area contributed by atoms with Crippen LogP contribution in [0, 0.1) is 5.41 Å². The number of nitrogens with zero attached hydrogens (tertiary/aromatic N) is 4. The summed E-state index contributed by atoms with van der Waals surface area (Å²) in [6.45, 7) is 10.5. The van der Waals surface area contributed by atoms with Crippen LogP contribution in [0.15, 0.2) is 47.2 Å². The second kappa shape index (κ2) is 7.43. The second-order valence-electron chi connectivity index (χ2n) is 8.26. The zero-order chi connectivity index (χ0) is 19.8. The summed E-state index contributed by atoms with van der Waals surface area (Å²) in [6.07, 6.45) is 3.94. The van der Waals surface area contributed by atoms with Crippen molar-refractivity contribution in [3.05, 3.63) is 52.8 Å². The maximum absolute atomic E-state index is 13.2. The molecule has 0 saturated carbocycles. The predicted molar refractivity (Wildman–Crippen MR) is 112 cm³/mol. The molecule has 0 aliphatic rings. The molecule has 1 aromatic carbocycles. The van der Waals surface area contributed by atoms with Crippen molar-refractivity contribution >= 4 is 39.0 Å². The molecule has 27 heavy (non-hydrogen) atoms. The van der Waals surface area contributed by atoms with E-state index in [1.54, 1.807) is 15.6 Å². The minimum atomic E-state index is -0.117. The van der Waals surface area contributed by atoms with E-state index < -0.39 is 0 Å². The standard InChI is InChI=1S/C21H25BrN4O/c1-14(2)15-6-8-16(9-7-15)26(19(27)12-21(3,4)5)18-10-11-25-20(24-18)17(22)13-23-25/h6-11,13-14H,12H2,1-5H3. The van der Waals surface area contributed by atoms with Gasteiger partial charge in [-0.2, -0.15) is 5.10 Å². The van der Waals surface area contributed by atoms with Crippen molar-refractivity contribution in [1.82, 2.24) is 14.6 Å². The first-order valence-electron chi connectivity index (χ1n) is 9.08. The van der Waals surface area contributed by atoms with Crippen LogP contribution in [-0.4, -0.2) is 20.5 Å². The summed E-state index contributed by atoms with van der Waals surface area (Å²) in [5.41, 5.74) is 2.62. The molecule has 0 saturated heterocycles. The van der Waals surface area contributed by atoms with Gasteiger partial charge in [-0.05, 0) is 51.0 Å². The lowest BCUT2D eigenvalue weighted by atomic mass is 9.91. The highest BCUT2D eigenvalue weighted by molar-refractivity contribution is 9.10. The summed E-state index contributed by atoms with van der Waals surface area (Å²) in [5.74, 6) is 1.05. The molecule has 0 atom stereocenters. The van der Waals surface area contributed by atoms with E-state index in [1.807, 2.05) is 24.4 Å². The normalized spacial score (nSPS) is 12.0. The summed E-state index contributed by atoms with van der Waals surface area (Å²) >= 11 is 3.47. The fraction of sp³-hybridized carbons (Fsp3) is 0.381. The number of benzene rings is 1. The number of anilines is 2. The summed E-state index contributed by atoms with van der Waals surface area (Å²) < 4.78 is 2.48. The van der Waals surface area contributed by atoms with Crippen LogP contribution in [0.3, 0.4) is 0 Å². The first-order chi connectivity index (χ1) is 12.7. The highest BCUT2D eigenvalue weighted by Crippen LogP contribution is 2.30. The topological polar surface area (TPSA) is 50.5 Å². The Balaban J connectivity index is 2.07. The average Bonchev–Trinajstić information content (AvgIpc) is 2.95. The van der Waals surface area contributed by atoms with Gasteiger partial charge in [0.05, 0.1) is 16.4 Å². The smallest absolute Gasteiger partial charge is 0.233 e. The first kappa shape index (κ1) is 19.5. The molecule has 0 bridgehead atoms. The Morgan fingerprint density at radius 2 is 1.85 bits per heavy atom. The van der Waals surface area contributed by atoms with Crippen molar-refractivity contribution in [2.45, 2.75) is 47.0 Å². The number of carbonyl (C=O) groups is 1. The monoisotopic (exact) mass is 428 g/mol. The molecule has 3 rings (SSSR count). The van der Waals surface area contributed by atoms with Gasteiger partial charge in [-0.25, -0.2) is 9.50 Å². The molecule has 0 unspecified atom stereocenters. The minimum Gasteiger partial charge on any atom is -0.274 e. The third-order valence-corrected chi connectivity index (χ3v) is 4.85. The zero-order valence-electron chi connectivity index (χ0n) is 16.4. The second-order valence-corrected chi connectivity index (χ2v) is 9.11. The van der Waals surface area contributed by atoms with Crippen LogP contribution in [0.4, 0.5) is 11.5 Å². The Kier molecular flexibility index (Phi) is 5.38. The van der Waals surface area contributed by atoms with Crippen molar-refractivity contribution in [1.29, 1.82) is 0 Å². The fourth-order valence-electron chi connectivity index (χ4n) is 2.90. The number of amides is 1. The Morgan fingerprint density at radius 3 is 2.44 bits per heavy atom. The lowest BCUT2D eigenvalue weighted by Gasteiger charge is -2.26. The summed E-state index contributed by atoms with van der Waals surface area (Å²) in [7, 11) is 0. The van der Waals surface area contributed by atoms with Crippen molar-refractivity contribution < 1.29 is 4.79 Å². The maximum atomic E-state index is 13.2. The van der Waals surface area contributed by atoms with Crippen LogP contribution < -0.4 is 4.90 Å². The highest BCUT2D eigenvalue weighted by Gasteiger charge is 2.25. The van der Waals surface area contributed by atoms with Gasteiger partial charge in [-0.3, -0.25) is 9.69 Å². The third kappa shape index (κ3) is 4.38. The molecule has 5 nitrogen and oxygen atoms in total. The molecule has 0 aliphatic carbocycles. The summed E-state index contributed by atoms with van der Waals surface area (Å²) in [4.78, 5) is 19.6. The molecule has 0 fully saturated rings. The van der Waals surface area contributed by atoms with E-state index in [4.69, 9.17) is 0 Å². The molecule has 2 aromatic heterocycles. The van der Waals surface area contributed by atoms with Gasteiger partial charge in [0.25, 0.3) is 0 Å². The number of aromatic nitrogens is 3. The van der Waals surface area contributed by atoms with E-state index in [9.17, 15) is 4.79 Å². The molecule has 0 N–H and O–H groups in total. The van der Waals surface area contributed by atoms with Gasteiger partial charge in [0, 0.05) is 12.6 Å². The van der Waals surface area contributed by atoms with Crippen LogP contribution in [-0.2, 0) is 4.79 Å². The number of fused-ring (bicyclic) bond motifs is 1. The van der Waals surface area contributed by atoms with Crippen LogP contribution in [0.5, 0.6) is 0 Å². The van der Waals surface area contributed by atoms with Crippen LogP contribution in [0.2, 0.25) is 0 Å².